The van der Waals surface area contributed by atoms with E-state index in [1.165, 1.54) is 0 Å². The van der Waals surface area contributed by atoms with Crippen molar-refractivity contribution in [2.45, 2.75) is 57.7 Å². The second-order valence-electron chi connectivity index (χ2n) is 6.87. The van der Waals surface area contributed by atoms with Gasteiger partial charge in [0.05, 0.1) is 13.2 Å². The fourth-order valence-electron chi connectivity index (χ4n) is 2.63. The van der Waals surface area contributed by atoms with Crippen LogP contribution in [0.4, 0.5) is 10.5 Å². The lowest BCUT2D eigenvalue weighted by Crippen LogP contribution is -2.29. The van der Waals surface area contributed by atoms with Gasteiger partial charge in [-0.1, -0.05) is 0 Å². The summed E-state index contributed by atoms with van der Waals surface area (Å²) in [7, 11) is 1.60. The van der Waals surface area contributed by atoms with Crippen LogP contribution in [0.5, 0.6) is 5.75 Å². The van der Waals surface area contributed by atoms with Crippen molar-refractivity contribution < 1.29 is 19.4 Å². The highest BCUT2D eigenvalue weighted by Crippen LogP contribution is 2.53. The van der Waals surface area contributed by atoms with Gasteiger partial charge in [-0.2, -0.15) is 0 Å². The second kappa shape index (κ2) is 5.80. The quantitative estimate of drug-likeness (QED) is 0.894. The van der Waals surface area contributed by atoms with Crippen LogP contribution in [0.2, 0.25) is 0 Å². The first-order valence-corrected chi connectivity index (χ1v) is 7.54. The molecule has 5 nitrogen and oxygen atoms in total. The van der Waals surface area contributed by atoms with Gasteiger partial charge < -0.3 is 14.6 Å². The maximum atomic E-state index is 12.0. The van der Waals surface area contributed by atoms with E-state index in [2.05, 4.69) is 5.32 Å². The SMILES string of the molecule is COc1ccc(NC(=O)OC(C)(C)C)c(C2(C(C)O)CC2)c1. The van der Waals surface area contributed by atoms with Crippen LogP contribution in [0.25, 0.3) is 0 Å². The van der Waals surface area contributed by atoms with Crippen LogP contribution >= 0.6 is 0 Å². The Morgan fingerprint density at radius 1 is 1.36 bits per heavy atom. The van der Waals surface area contributed by atoms with Crippen LogP contribution in [0.15, 0.2) is 18.2 Å². The topological polar surface area (TPSA) is 67.8 Å². The highest BCUT2D eigenvalue weighted by molar-refractivity contribution is 5.86. The molecule has 1 aromatic rings. The Labute approximate surface area is 131 Å². The Bertz CT molecular complexity index is 556. The van der Waals surface area contributed by atoms with E-state index in [0.29, 0.717) is 11.4 Å². The smallest absolute Gasteiger partial charge is 0.412 e. The average Bonchev–Trinajstić information content (AvgIpc) is 3.18. The number of anilines is 1. The molecular formula is C17H25NO4. The molecule has 1 aliphatic carbocycles. The number of hydrogen-bond donors (Lipinski definition) is 2. The summed E-state index contributed by atoms with van der Waals surface area (Å²) >= 11 is 0. The molecule has 2 rings (SSSR count). The molecule has 0 bridgehead atoms. The zero-order chi connectivity index (χ0) is 16.5. The molecule has 22 heavy (non-hydrogen) atoms. The van der Waals surface area contributed by atoms with E-state index in [0.717, 1.165) is 18.4 Å². The lowest BCUT2D eigenvalue weighted by molar-refractivity contribution is 0.0635. The summed E-state index contributed by atoms with van der Waals surface area (Å²) in [6, 6.07) is 5.46. The average molecular weight is 307 g/mol. The molecule has 1 atom stereocenters. The zero-order valence-electron chi connectivity index (χ0n) is 13.9. The fraction of sp³-hybridized carbons (Fsp3) is 0.588. The van der Waals surface area contributed by atoms with Crippen LogP contribution in [0.3, 0.4) is 0 Å². The minimum atomic E-state index is -0.557. The van der Waals surface area contributed by atoms with Gasteiger partial charge in [0.2, 0.25) is 0 Å². The summed E-state index contributed by atoms with van der Waals surface area (Å²) in [4.78, 5) is 12.0. The van der Waals surface area contributed by atoms with Crippen LogP contribution in [-0.4, -0.2) is 30.0 Å². The van der Waals surface area contributed by atoms with E-state index in [1.54, 1.807) is 26.2 Å². The first-order valence-electron chi connectivity index (χ1n) is 7.54. The van der Waals surface area contributed by atoms with Gasteiger partial charge in [-0.15, -0.1) is 0 Å². The number of carbonyl (C=O) groups is 1. The molecule has 5 heteroatoms. The summed E-state index contributed by atoms with van der Waals surface area (Å²) in [5.41, 5.74) is 0.693. The standard InChI is InChI=1S/C17H25NO4/c1-11(19)17(8-9-17)13-10-12(21-5)6-7-14(13)18-15(20)22-16(2,3)4/h6-7,10-11,19H,8-9H2,1-5H3,(H,18,20). The molecule has 1 aromatic carbocycles. The van der Waals surface area contributed by atoms with E-state index in [1.807, 2.05) is 26.8 Å². The summed E-state index contributed by atoms with van der Waals surface area (Å²) in [5, 5.41) is 12.9. The van der Waals surface area contributed by atoms with Gasteiger partial charge in [0.25, 0.3) is 0 Å². The fourth-order valence-corrected chi connectivity index (χ4v) is 2.63. The third kappa shape index (κ3) is 3.53. The maximum Gasteiger partial charge on any atom is 0.412 e. The Morgan fingerprint density at radius 3 is 2.45 bits per heavy atom. The first kappa shape index (κ1) is 16.6. The molecule has 122 valence electrons. The third-order valence-corrected chi connectivity index (χ3v) is 3.99. The number of rotatable bonds is 4. The number of ether oxygens (including phenoxy) is 2. The van der Waals surface area contributed by atoms with Crippen LogP contribution < -0.4 is 10.1 Å². The Morgan fingerprint density at radius 2 is 2.00 bits per heavy atom. The summed E-state index contributed by atoms with van der Waals surface area (Å²) < 4.78 is 10.6. The number of aliphatic hydroxyl groups is 1. The minimum absolute atomic E-state index is 0.307. The normalized spacial score (nSPS) is 17.5. The Balaban J connectivity index is 2.30. The number of aliphatic hydroxyl groups excluding tert-OH is 1. The molecule has 0 radical (unpaired) electrons. The zero-order valence-corrected chi connectivity index (χ0v) is 13.9. The summed E-state index contributed by atoms with van der Waals surface area (Å²) in [5.74, 6) is 0.705. The number of amides is 1. The molecule has 0 aromatic heterocycles. The third-order valence-electron chi connectivity index (χ3n) is 3.99. The van der Waals surface area contributed by atoms with Crippen molar-refractivity contribution in [3.8, 4) is 5.75 Å². The van der Waals surface area contributed by atoms with Gasteiger partial charge in [0, 0.05) is 11.1 Å². The van der Waals surface area contributed by atoms with E-state index in [4.69, 9.17) is 9.47 Å². The lowest BCUT2D eigenvalue weighted by atomic mass is 9.89. The molecular weight excluding hydrogens is 282 g/mol. The Kier molecular flexibility index (Phi) is 4.38. The summed E-state index contributed by atoms with van der Waals surface area (Å²) in [6.07, 6.45) is 0.792. The summed E-state index contributed by atoms with van der Waals surface area (Å²) in [6.45, 7) is 7.24. The molecule has 0 saturated heterocycles. The lowest BCUT2D eigenvalue weighted by Gasteiger charge is -2.25. The van der Waals surface area contributed by atoms with Gasteiger partial charge >= 0.3 is 6.09 Å². The van der Waals surface area contributed by atoms with Crippen molar-refractivity contribution in [3.63, 3.8) is 0 Å². The van der Waals surface area contributed by atoms with E-state index in [-0.39, 0.29) is 5.41 Å². The predicted octanol–water partition coefficient (Wildman–Crippen LogP) is 3.45. The van der Waals surface area contributed by atoms with E-state index in [9.17, 15) is 9.90 Å². The Hall–Kier alpha value is -1.75. The molecule has 0 aliphatic heterocycles. The molecule has 1 aliphatic rings. The maximum absolute atomic E-state index is 12.0. The van der Waals surface area contributed by atoms with Crippen molar-refractivity contribution in [1.82, 2.24) is 0 Å². The number of nitrogens with one attached hydrogen (secondary N) is 1. The minimum Gasteiger partial charge on any atom is -0.497 e. The molecule has 1 unspecified atom stereocenters. The number of carbonyl (C=O) groups excluding carboxylic acids is 1. The van der Waals surface area contributed by atoms with E-state index < -0.39 is 17.8 Å². The second-order valence-corrected chi connectivity index (χ2v) is 6.87. The molecule has 1 saturated carbocycles. The van der Waals surface area contributed by atoms with Gasteiger partial charge in [0.15, 0.2) is 0 Å². The van der Waals surface area contributed by atoms with Crippen molar-refractivity contribution in [3.05, 3.63) is 23.8 Å². The van der Waals surface area contributed by atoms with E-state index >= 15 is 0 Å². The predicted molar refractivity (Wildman–Crippen MR) is 85.4 cm³/mol. The molecule has 1 fully saturated rings. The van der Waals surface area contributed by atoms with Crippen LogP contribution in [0.1, 0.15) is 46.1 Å². The van der Waals surface area contributed by atoms with Crippen molar-refractivity contribution in [1.29, 1.82) is 0 Å². The molecule has 0 heterocycles. The van der Waals surface area contributed by atoms with Gasteiger partial charge in [-0.05, 0) is 64.3 Å². The molecule has 1 amide bonds. The first-order chi connectivity index (χ1) is 10.2. The number of benzene rings is 1. The van der Waals surface area contributed by atoms with Crippen molar-refractivity contribution in [2.75, 3.05) is 12.4 Å². The van der Waals surface area contributed by atoms with Gasteiger partial charge in [-0.3, -0.25) is 5.32 Å². The number of hydrogen-bond acceptors (Lipinski definition) is 4. The van der Waals surface area contributed by atoms with Crippen LogP contribution in [-0.2, 0) is 10.2 Å². The van der Waals surface area contributed by atoms with Crippen molar-refractivity contribution >= 4 is 11.8 Å². The van der Waals surface area contributed by atoms with Gasteiger partial charge in [0.1, 0.15) is 11.4 Å². The monoisotopic (exact) mass is 307 g/mol. The van der Waals surface area contributed by atoms with Crippen LogP contribution in [0, 0.1) is 0 Å². The highest BCUT2D eigenvalue weighted by Gasteiger charge is 2.50. The largest absolute Gasteiger partial charge is 0.497 e. The number of methoxy groups -OCH3 is 1. The molecule has 2 N–H and O–H groups in total. The highest BCUT2D eigenvalue weighted by atomic mass is 16.6. The van der Waals surface area contributed by atoms with Crippen molar-refractivity contribution in [2.24, 2.45) is 0 Å². The molecule has 0 spiro atoms. The van der Waals surface area contributed by atoms with Gasteiger partial charge in [-0.25, -0.2) is 4.79 Å².